The van der Waals surface area contributed by atoms with E-state index in [1.54, 1.807) is 71.9 Å². The number of hydrogen-bond acceptors (Lipinski definition) is 12. The van der Waals surface area contributed by atoms with Crippen molar-refractivity contribution in [3.63, 3.8) is 0 Å². The molecule has 2 aromatic rings. The fraction of sp³-hybridized carbons (Fsp3) is 0.551. The van der Waals surface area contributed by atoms with Crippen molar-refractivity contribution in [2.45, 2.75) is 148 Å². The van der Waals surface area contributed by atoms with Crippen LogP contribution in [-0.4, -0.2) is 139 Å². The van der Waals surface area contributed by atoms with Gasteiger partial charge in [-0.25, -0.2) is 4.79 Å². The van der Waals surface area contributed by atoms with Crippen molar-refractivity contribution in [3.05, 3.63) is 65.7 Å². The van der Waals surface area contributed by atoms with Crippen molar-refractivity contribution in [3.8, 4) is 5.75 Å². The van der Waals surface area contributed by atoms with E-state index in [1.807, 2.05) is 0 Å². The van der Waals surface area contributed by atoms with Crippen LogP contribution in [0.25, 0.3) is 0 Å². The summed E-state index contributed by atoms with van der Waals surface area (Å²) in [7, 11) is 0. The molecule has 0 saturated carbocycles. The average molecular weight is 995 g/mol. The van der Waals surface area contributed by atoms with E-state index in [9.17, 15) is 63.3 Å². The van der Waals surface area contributed by atoms with Crippen LogP contribution in [0.1, 0.15) is 97.6 Å². The number of carbonyl (C=O) groups excluding carboxylic acids is 7. The third kappa shape index (κ3) is 18.3. The Labute approximate surface area is 412 Å². The maximum atomic E-state index is 14.4. The van der Waals surface area contributed by atoms with Crippen LogP contribution < -0.4 is 37.6 Å². The van der Waals surface area contributed by atoms with E-state index in [2.05, 4.69) is 31.9 Å². The first kappa shape index (κ1) is 58.2. The highest BCUT2D eigenvalue weighted by atomic mass is 16.4. The van der Waals surface area contributed by atoms with E-state index < -0.39 is 145 Å². The maximum Gasteiger partial charge on any atom is 0.326 e. The van der Waals surface area contributed by atoms with E-state index >= 15 is 0 Å². The highest BCUT2D eigenvalue weighted by Gasteiger charge is 2.41. The third-order valence-electron chi connectivity index (χ3n) is 12.3. The lowest BCUT2D eigenvalue weighted by molar-refractivity contribution is -0.150. The fourth-order valence-corrected chi connectivity index (χ4v) is 7.86. The highest BCUT2D eigenvalue weighted by molar-refractivity contribution is 5.98. The minimum atomic E-state index is -1.60. The Morgan fingerprint density at radius 3 is 1.55 bits per heavy atom. The molecule has 12 N–H and O–H groups in total. The molecule has 0 aliphatic carbocycles. The summed E-state index contributed by atoms with van der Waals surface area (Å²) in [4.78, 5) is 134. The van der Waals surface area contributed by atoms with Gasteiger partial charge in [0.05, 0.1) is 6.04 Å². The second-order valence-corrected chi connectivity index (χ2v) is 18.6. The summed E-state index contributed by atoms with van der Waals surface area (Å²) in [6.07, 6.45) is -0.930. The van der Waals surface area contributed by atoms with Gasteiger partial charge in [-0.15, -0.1) is 0 Å². The molecule has 22 nitrogen and oxygen atoms in total. The normalized spacial score (nSPS) is 16.7. The Kier molecular flexibility index (Phi) is 22.9. The Balaban J connectivity index is 1.95. The predicted molar refractivity (Wildman–Crippen MR) is 257 cm³/mol. The predicted octanol–water partition coefficient (Wildman–Crippen LogP) is 0.577. The Hall–Kier alpha value is -7.10. The molecular weight excluding hydrogens is 925 g/mol. The molecule has 0 bridgehead atoms. The number of nitrogens with two attached hydrogens (primary N) is 1. The number of carboxylic acids is 3. The lowest BCUT2D eigenvalue weighted by Gasteiger charge is -2.32. The zero-order valence-corrected chi connectivity index (χ0v) is 41.0. The zero-order chi connectivity index (χ0) is 53.1. The number of nitrogens with zero attached hydrogens (tertiary/aromatic N) is 1. The van der Waals surface area contributed by atoms with Gasteiger partial charge in [0, 0.05) is 32.2 Å². The summed E-state index contributed by atoms with van der Waals surface area (Å²) in [6, 6.07) is 3.54. The molecule has 0 radical (unpaired) electrons. The second-order valence-electron chi connectivity index (χ2n) is 18.6. The number of nitrogens with one attached hydrogen (secondary N) is 6. The first-order chi connectivity index (χ1) is 33.4. The smallest absolute Gasteiger partial charge is 0.326 e. The third-order valence-corrected chi connectivity index (χ3v) is 12.3. The van der Waals surface area contributed by atoms with Gasteiger partial charge >= 0.3 is 17.9 Å². The number of benzene rings is 2. The Bertz CT molecular complexity index is 2190. The molecule has 71 heavy (non-hydrogen) atoms. The summed E-state index contributed by atoms with van der Waals surface area (Å²) in [5.74, 6) is -11.2. The van der Waals surface area contributed by atoms with Crippen LogP contribution in [-0.2, 0) is 60.8 Å². The van der Waals surface area contributed by atoms with Crippen molar-refractivity contribution < 1.29 is 68.4 Å². The summed E-state index contributed by atoms with van der Waals surface area (Å²) < 4.78 is 0. The molecule has 1 heterocycles. The molecule has 0 aromatic heterocycles. The number of hydrogen-bond donors (Lipinski definition) is 11. The van der Waals surface area contributed by atoms with Gasteiger partial charge in [0.25, 0.3) is 0 Å². The lowest BCUT2D eigenvalue weighted by atomic mass is 9.95. The number of amides is 7. The molecule has 390 valence electrons. The minimum Gasteiger partial charge on any atom is -0.508 e. The molecule has 1 aliphatic rings. The van der Waals surface area contributed by atoms with Gasteiger partial charge in [-0.3, -0.25) is 43.2 Å². The van der Waals surface area contributed by atoms with Crippen LogP contribution in [0.2, 0.25) is 0 Å². The number of aliphatic carboxylic acids is 3. The summed E-state index contributed by atoms with van der Waals surface area (Å²) in [6.45, 7) is 10.2. The minimum absolute atomic E-state index is 0.0828. The van der Waals surface area contributed by atoms with E-state index in [0.717, 1.165) is 0 Å². The van der Waals surface area contributed by atoms with E-state index in [1.165, 1.54) is 29.2 Å². The molecule has 1 aliphatic heterocycles. The van der Waals surface area contributed by atoms with Crippen LogP contribution in [0.15, 0.2) is 54.6 Å². The van der Waals surface area contributed by atoms with Crippen molar-refractivity contribution >= 4 is 59.3 Å². The molecule has 1 saturated heterocycles. The number of likely N-dealkylation sites (tertiary alicyclic amines) is 1. The quantitative estimate of drug-likeness (QED) is 0.0556. The standard InChI is InChI=1S/C49H70N8O14/c1-7-28(6)41(48(69)57-23-11-14-36(57)49(70)71)56-47(68)40(27(4)5)55-43(64)33(20-22-38(61)62)51-44(65)34(24-29-12-9-8-10-13-29)52-45(66)35(25-30-15-17-31(58)18-16-30)53-46(67)39(26(2)3)54-42(63)32(50)19-21-37(59)60/h8-10,12-13,15-18,26-28,32-36,39-41,58H,7,11,14,19-25,50H2,1-6H3,(H,51,65)(H,52,66)(H,53,67)(H,54,63)(H,55,64)(H,56,68)(H,59,60)(H,61,62)(H,70,71)/t28-,32-,33-,34-,35-,36-,39-,40-,41-/m0/s1. The Morgan fingerprint density at radius 1 is 0.592 bits per heavy atom. The number of phenols is 1. The fourth-order valence-electron chi connectivity index (χ4n) is 7.86. The van der Waals surface area contributed by atoms with Crippen molar-refractivity contribution in [1.82, 2.24) is 36.8 Å². The summed E-state index contributed by atoms with van der Waals surface area (Å²) in [5.41, 5.74) is 6.91. The number of carboxylic acid groups (broad SMARTS) is 3. The molecule has 2 aromatic carbocycles. The van der Waals surface area contributed by atoms with Gasteiger partial charge in [0.1, 0.15) is 48.0 Å². The maximum absolute atomic E-state index is 14.4. The van der Waals surface area contributed by atoms with E-state index in [-0.39, 0.29) is 38.0 Å². The zero-order valence-electron chi connectivity index (χ0n) is 41.0. The largest absolute Gasteiger partial charge is 0.508 e. The number of rotatable bonds is 28. The van der Waals surface area contributed by atoms with E-state index in [0.29, 0.717) is 24.0 Å². The van der Waals surface area contributed by atoms with Crippen LogP contribution in [0.4, 0.5) is 0 Å². The monoisotopic (exact) mass is 995 g/mol. The summed E-state index contributed by atoms with van der Waals surface area (Å²) >= 11 is 0. The molecular formula is C49H70N8O14. The van der Waals surface area contributed by atoms with Gasteiger partial charge in [-0.1, -0.05) is 90.4 Å². The van der Waals surface area contributed by atoms with Gasteiger partial charge < -0.3 is 63.0 Å². The molecule has 0 spiro atoms. The molecule has 1 fully saturated rings. The van der Waals surface area contributed by atoms with Gasteiger partial charge in [0.2, 0.25) is 41.4 Å². The van der Waals surface area contributed by atoms with Crippen LogP contribution >= 0.6 is 0 Å². The first-order valence-electron chi connectivity index (χ1n) is 23.8. The number of carbonyl (C=O) groups is 10. The van der Waals surface area contributed by atoms with E-state index in [4.69, 9.17) is 10.8 Å². The molecule has 0 unspecified atom stereocenters. The van der Waals surface area contributed by atoms with Gasteiger partial charge in [0.15, 0.2) is 0 Å². The highest BCUT2D eigenvalue weighted by Crippen LogP contribution is 2.22. The van der Waals surface area contributed by atoms with Crippen molar-refractivity contribution in [1.29, 1.82) is 0 Å². The summed E-state index contributed by atoms with van der Waals surface area (Å²) in [5, 5.41) is 54.1. The molecule has 9 atom stereocenters. The first-order valence-corrected chi connectivity index (χ1v) is 23.8. The lowest BCUT2D eigenvalue weighted by Crippen LogP contribution is -2.62. The molecule has 3 rings (SSSR count). The molecule has 22 heteroatoms. The van der Waals surface area contributed by atoms with Crippen LogP contribution in [0.5, 0.6) is 5.75 Å². The average Bonchev–Trinajstić information content (AvgIpc) is 3.82. The van der Waals surface area contributed by atoms with Crippen molar-refractivity contribution in [2.24, 2.45) is 23.5 Å². The number of aromatic hydroxyl groups is 1. The van der Waals surface area contributed by atoms with Crippen LogP contribution in [0, 0.1) is 17.8 Å². The van der Waals surface area contributed by atoms with Gasteiger partial charge in [-0.2, -0.15) is 0 Å². The molecule has 7 amide bonds. The number of phenolic OH excluding ortho intramolecular Hbond substituents is 1. The van der Waals surface area contributed by atoms with Crippen LogP contribution in [0.3, 0.4) is 0 Å². The Morgan fingerprint density at radius 2 is 1.04 bits per heavy atom. The van der Waals surface area contributed by atoms with Gasteiger partial charge in [-0.05, 0) is 66.7 Å². The second kappa shape index (κ2) is 27.9. The SMILES string of the molecule is CC[C@H](C)[C@H](NC(=O)[C@@H](NC(=O)[C@H](CCC(=O)O)NC(=O)[C@H](Cc1ccccc1)NC(=O)[C@H](Cc1ccc(O)cc1)NC(=O)[C@@H](NC(=O)[C@@H](N)CCC(=O)O)C(C)C)C(C)C)C(=O)N1CCC[C@H]1C(=O)O. The van der Waals surface area contributed by atoms with Crippen molar-refractivity contribution in [2.75, 3.05) is 6.54 Å². The topological polar surface area (TPSA) is 353 Å².